The lowest BCUT2D eigenvalue weighted by Crippen LogP contribution is -2.59. The molecule has 6 unspecified atom stereocenters. The number of ether oxygens (including phenoxy) is 4. The van der Waals surface area contributed by atoms with Crippen LogP contribution < -0.4 is 0 Å². The fraction of sp³-hybridized carbons (Fsp3) is 0.942. The number of carbonyl (C=O) groups is 1. The molecule has 0 aromatic heterocycles. The Kier molecular flexibility index (Phi) is 41.9. The van der Waals surface area contributed by atoms with E-state index in [0.29, 0.717) is 13.0 Å². The Morgan fingerprint density at radius 2 is 0.902 bits per heavy atom. The van der Waals surface area contributed by atoms with Crippen molar-refractivity contribution in [2.24, 2.45) is 0 Å². The second-order valence-corrected chi connectivity index (χ2v) is 18.3. The molecule has 1 aliphatic heterocycles. The smallest absolute Gasteiger partial charge is 0.306 e. The zero-order valence-electron chi connectivity index (χ0n) is 39.9. The molecule has 1 fully saturated rings. The van der Waals surface area contributed by atoms with Crippen LogP contribution in [0.2, 0.25) is 0 Å². The molecule has 1 saturated heterocycles. The minimum absolute atomic E-state index is 0.110. The third-order valence-corrected chi connectivity index (χ3v) is 12.4. The van der Waals surface area contributed by atoms with E-state index in [0.717, 1.165) is 32.1 Å². The van der Waals surface area contributed by atoms with Crippen molar-refractivity contribution in [3.05, 3.63) is 12.2 Å². The van der Waals surface area contributed by atoms with Crippen LogP contribution in [-0.4, -0.2) is 89.6 Å². The minimum atomic E-state index is -1.53. The van der Waals surface area contributed by atoms with E-state index in [2.05, 4.69) is 26.0 Å². The Morgan fingerprint density at radius 3 is 1.33 bits per heavy atom. The van der Waals surface area contributed by atoms with Gasteiger partial charge in [-0.3, -0.25) is 4.79 Å². The molecule has 6 atom stereocenters. The first-order valence-electron chi connectivity index (χ1n) is 26.3. The van der Waals surface area contributed by atoms with Crippen molar-refractivity contribution < 1.29 is 44.2 Å². The van der Waals surface area contributed by atoms with E-state index in [1.165, 1.54) is 199 Å². The van der Waals surface area contributed by atoms with Crippen molar-refractivity contribution >= 4 is 5.97 Å². The van der Waals surface area contributed by atoms with Gasteiger partial charge in [0.15, 0.2) is 6.29 Å². The first kappa shape index (κ1) is 57.9. The Morgan fingerprint density at radius 1 is 0.508 bits per heavy atom. The van der Waals surface area contributed by atoms with Crippen molar-refractivity contribution in [1.82, 2.24) is 0 Å². The SMILES string of the molecule is CCCCCCC/C=C\CCCCCCCCOCC(COC1OC(CO)C(O)C(O)C1O)OC(=O)CCCCCCCCCCCCCCCCCCCCCCCCC. The van der Waals surface area contributed by atoms with E-state index in [4.69, 9.17) is 18.9 Å². The average molecular weight is 869 g/mol. The van der Waals surface area contributed by atoms with E-state index in [1.54, 1.807) is 0 Å². The van der Waals surface area contributed by atoms with E-state index in [1.807, 2.05) is 0 Å². The van der Waals surface area contributed by atoms with Gasteiger partial charge in [0.05, 0.1) is 19.8 Å². The highest BCUT2D eigenvalue weighted by atomic mass is 16.7. The van der Waals surface area contributed by atoms with Crippen molar-refractivity contribution in [3.63, 3.8) is 0 Å². The second-order valence-electron chi connectivity index (χ2n) is 18.3. The minimum Gasteiger partial charge on any atom is -0.457 e. The number of hydrogen-bond donors (Lipinski definition) is 4. The maximum absolute atomic E-state index is 12.8. The lowest BCUT2D eigenvalue weighted by atomic mass is 9.99. The molecule has 1 rings (SSSR count). The summed E-state index contributed by atoms with van der Waals surface area (Å²) in [6.45, 7) is 4.59. The summed E-state index contributed by atoms with van der Waals surface area (Å²) in [7, 11) is 0. The molecular weight excluding hydrogens is 769 g/mol. The molecule has 362 valence electrons. The van der Waals surface area contributed by atoms with Gasteiger partial charge >= 0.3 is 5.97 Å². The molecule has 0 radical (unpaired) electrons. The van der Waals surface area contributed by atoms with Crippen LogP contribution >= 0.6 is 0 Å². The van der Waals surface area contributed by atoms with Gasteiger partial charge in [0.1, 0.15) is 30.5 Å². The van der Waals surface area contributed by atoms with Crippen molar-refractivity contribution in [2.75, 3.05) is 26.4 Å². The molecule has 1 heterocycles. The van der Waals surface area contributed by atoms with Gasteiger partial charge in [-0.2, -0.15) is 0 Å². The standard InChI is InChI=1S/C52H100O9/c1-3-5-7-9-11-13-15-17-19-20-21-22-23-24-25-26-27-29-31-33-35-37-39-41-48(54)60-46(45-59-52-51(57)50(56)49(55)47(43-53)61-52)44-58-42-40-38-36-34-32-30-28-18-16-14-12-10-8-6-4-2/h16,18,46-47,49-53,55-57H,3-15,17,19-45H2,1-2H3/b18-16-. The largest absolute Gasteiger partial charge is 0.457 e. The summed E-state index contributed by atoms with van der Waals surface area (Å²) < 4.78 is 22.9. The summed E-state index contributed by atoms with van der Waals surface area (Å²) in [6, 6.07) is 0. The quantitative estimate of drug-likeness (QED) is 0.0268. The van der Waals surface area contributed by atoms with Gasteiger partial charge in [0.2, 0.25) is 0 Å². The highest BCUT2D eigenvalue weighted by Crippen LogP contribution is 2.23. The molecular formula is C52H100O9. The second kappa shape index (κ2) is 44.1. The fourth-order valence-electron chi connectivity index (χ4n) is 8.31. The number of esters is 1. The summed E-state index contributed by atoms with van der Waals surface area (Å²) in [6.07, 6.45) is 43.9. The number of allylic oxidation sites excluding steroid dienone is 2. The Labute approximate surface area is 375 Å². The number of aliphatic hydroxyl groups is 4. The zero-order valence-corrected chi connectivity index (χ0v) is 39.9. The van der Waals surface area contributed by atoms with Crippen LogP contribution in [0.25, 0.3) is 0 Å². The van der Waals surface area contributed by atoms with Crippen molar-refractivity contribution in [1.29, 1.82) is 0 Å². The number of hydrogen-bond acceptors (Lipinski definition) is 9. The number of unbranched alkanes of at least 4 members (excludes halogenated alkanes) is 33. The van der Waals surface area contributed by atoms with Crippen LogP contribution in [0.15, 0.2) is 12.2 Å². The van der Waals surface area contributed by atoms with Crippen LogP contribution in [0.1, 0.15) is 251 Å². The molecule has 0 aromatic rings. The Bertz CT molecular complexity index is 946. The van der Waals surface area contributed by atoms with Gasteiger partial charge in [0, 0.05) is 13.0 Å². The van der Waals surface area contributed by atoms with Crippen LogP contribution in [0, 0.1) is 0 Å². The van der Waals surface area contributed by atoms with Gasteiger partial charge in [-0.15, -0.1) is 0 Å². The van der Waals surface area contributed by atoms with Gasteiger partial charge < -0.3 is 39.4 Å². The summed E-state index contributed by atoms with van der Waals surface area (Å²) >= 11 is 0. The molecule has 0 aromatic carbocycles. The average Bonchev–Trinajstić information content (AvgIpc) is 3.26. The van der Waals surface area contributed by atoms with E-state index < -0.39 is 43.4 Å². The monoisotopic (exact) mass is 869 g/mol. The zero-order chi connectivity index (χ0) is 44.3. The third-order valence-electron chi connectivity index (χ3n) is 12.4. The number of aliphatic hydroxyl groups excluding tert-OH is 4. The molecule has 4 N–H and O–H groups in total. The molecule has 0 saturated carbocycles. The third kappa shape index (κ3) is 34.9. The van der Waals surface area contributed by atoms with Gasteiger partial charge in [-0.05, 0) is 38.5 Å². The normalized spacial score (nSPS) is 19.9. The van der Waals surface area contributed by atoms with Crippen LogP contribution in [-0.2, 0) is 23.7 Å². The summed E-state index contributed by atoms with van der Waals surface area (Å²) in [5, 5.41) is 40.2. The molecule has 9 nitrogen and oxygen atoms in total. The first-order chi connectivity index (χ1) is 29.9. The molecule has 1 aliphatic rings. The molecule has 0 aliphatic carbocycles. The Hall–Kier alpha value is -1.07. The first-order valence-corrected chi connectivity index (χ1v) is 26.3. The maximum Gasteiger partial charge on any atom is 0.306 e. The molecule has 0 amide bonds. The number of carbonyl (C=O) groups excluding carboxylic acids is 1. The predicted octanol–water partition coefficient (Wildman–Crippen LogP) is 12.8. The van der Waals surface area contributed by atoms with E-state index in [9.17, 15) is 25.2 Å². The molecule has 61 heavy (non-hydrogen) atoms. The van der Waals surface area contributed by atoms with Gasteiger partial charge in [-0.1, -0.05) is 219 Å². The van der Waals surface area contributed by atoms with Crippen molar-refractivity contribution in [2.45, 2.75) is 288 Å². The summed E-state index contributed by atoms with van der Waals surface area (Å²) in [5.74, 6) is -0.309. The van der Waals surface area contributed by atoms with E-state index in [-0.39, 0.29) is 19.2 Å². The highest BCUT2D eigenvalue weighted by molar-refractivity contribution is 5.69. The van der Waals surface area contributed by atoms with Gasteiger partial charge in [-0.25, -0.2) is 0 Å². The van der Waals surface area contributed by atoms with Crippen molar-refractivity contribution in [3.8, 4) is 0 Å². The maximum atomic E-state index is 12.8. The van der Waals surface area contributed by atoms with E-state index >= 15 is 0 Å². The van der Waals surface area contributed by atoms with Gasteiger partial charge in [0.25, 0.3) is 0 Å². The molecule has 9 heteroatoms. The summed E-state index contributed by atoms with van der Waals surface area (Å²) in [4.78, 5) is 12.8. The lowest BCUT2D eigenvalue weighted by molar-refractivity contribution is -0.305. The van der Waals surface area contributed by atoms with Crippen LogP contribution in [0.5, 0.6) is 0 Å². The predicted molar refractivity (Wildman–Crippen MR) is 252 cm³/mol. The molecule has 0 bridgehead atoms. The Balaban J connectivity index is 2.16. The fourth-order valence-corrected chi connectivity index (χ4v) is 8.31. The highest BCUT2D eigenvalue weighted by Gasteiger charge is 2.44. The van der Waals surface area contributed by atoms with Crippen LogP contribution in [0.4, 0.5) is 0 Å². The number of rotatable bonds is 46. The summed E-state index contributed by atoms with van der Waals surface area (Å²) in [5.41, 5.74) is 0. The van der Waals surface area contributed by atoms with Crippen LogP contribution in [0.3, 0.4) is 0 Å². The topological polar surface area (TPSA) is 135 Å². The molecule has 0 spiro atoms. The lowest BCUT2D eigenvalue weighted by Gasteiger charge is -2.39.